The van der Waals surface area contributed by atoms with Crippen molar-refractivity contribution < 1.29 is 18.9 Å². The van der Waals surface area contributed by atoms with E-state index in [1.165, 1.54) is 17.0 Å². The monoisotopic (exact) mass is 364 g/mol. The summed E-state index contributed by atoms with van der Waals surface area (Å²) in [6, 6.07) is 6.32. The number of rotatable bonds is 10. The van der Waals surface area contributed by atoms with Gasteiger partial charge in [-0.3, -0.25) is 9.59 Å². The van der Waals surface area contributed by atoms with Crippen molar-refractivity contribution >= 4 is 11.8 Å². The van der Waals surface area contributed by atoms with Crippen LogP contribution in [0.5, 0.6) is 0 Å². The van der Waals surface area contributed by atoms with Crippen molar-refractivity contribution in [3.63, 3.8) is 0 Å². The van der Waals surface area contributed by atoms with Gasteiger partial charge in [0.25, 0.3) is 0 Å². The number of nitrogens with one attached hydrogen (secondary N) is 2. The lowest BCUT2D eigenvalue weighted by Crippen LogP contribution is -3.11. The van der Waals surface area contributed by atoms with Crippen molar-refractivity contribution in [3.05, 3.63) is 35.6 Å². The molecule has 6 heteroatoms. The molecule has 0 aromatic heterocycles. The van der Waals surface area contributed by atoms with Crippen LogP contribution in [0.3, 0.4) is 0 Å². The zero-order chi connectivity index (χ0) is 18.9. The minimum absolute atomic E-state index is 0.0165. The van der Waals surface area contributed by atoms with Crippen LogP contribution in [0.15, 0.2) is 24.3 Å². The van der Waals surface area contributed by atoms with Crippen molar-refractivity contribution in [1.29, 1.82) is 0 Å². The lowest BCUT2D eigenvalue weighted by molar-refractivity contribution is -0.896. The number of amides is 2. The van der Waals surface area contributed by atoms with Crippen LogP contribution in [0.1, 0.15) is 32.3 Å². The number of hydrogen-bond donors (Lipinski definition) is 2. The molecule has 0 unspecified atom stereocenters. The Bertz CT molecular complexity index is 587. The molecule has 1 aromatic carbocycles. The minimum Gasteiger partial charge on any atom is -0.356 e. The van der Waals surface area contributed by atoms with Gasteiger partial charge in [0.1, 0.15) is 5.82 Å². The van der Waals surface area contributed by atoms with Crippen LogP contribution in [0, 0.1) is 11.7 Å². The van der Waals surface area contributed by atoms with Gasteiger partial charge in [-0.2, -0.15) is 0 Å². The molecule has 0 saturated carbocycles. The van der Waals surface area contributed by atoms with E-state index < -0.39 is 0 Å². The Hall–Kier alpha value is -1.95. The van der Waals surface area contributed by atoms with Crippen LogP contribution >= 0.6 is 0 Å². The highest BCUT2D eigenvalue weighted by Crippen LogP contribution is 2.18. The van der Waals surface area contributed by atoms with Gasteiger partial charge in [-0.05, 0) is 38.0 Å². The van der Waals surface area contributed by atoms with E-state index in [0.29, 0.717) is 26.1 Å². The molecule has 144 valence electrons. The maximum absolute atomic E-state index is 12.9. The molecule has 1 heterocycles. The molecule has 1 atom stereocenters. The third-order valence-corrected chi connectivity index (χ3v) is 5.18. The Labute approximate surface area is 155 Å². The van der Waals surface area contributed by atoms with E-state index in [9.17, 15) is 14.0 Å². The SMILES string of the molecule is CC[NH+](CC)CCCNC(=O)[C@H]1CC(=O)N(CCc2ccc(F)cc2)C1. The molecule has 0 spiro atoms. The molecule has 0 aliphatic carbocycles. The normalized spacial score (nSPS) is 17.2. The molecule has 1 aromatic rings. The number of quaternary nitrogens is 1. The predicted octanol–water partition coefficient (Wildman–Crippen LogP) is 0.648. The highest BCUT2D eigenvalue weighted by molar-refractivity contribution is 5.89. The topological polar surface area (TPSA) is 53.9 Å². The van der Waals surface area contributed by atoms with E-state index >= 15 is 0 Å². The smallest absolute Gasteiger partial charge is 0.225 e. The van der Waals surface area contributed by atoms with Crippen molar-refractivity contribution in [2.45, 2.75) is 33.1 Å². The van der Waals surface area contributed by atoms with Crippen LogP contribution in [-0.2, 0) is 16.0 Å². The summed E-state index contributed by atoms with van der Waals surface area (Å²) in [6.07, 6.45) is 1.92. The maximum Gasteiger partial charge on any atom is 0.225 e. The van der Waals surface area contributed by atoms with Gasteiger partial charge >= 0.3 is 0 Å². The Balaban J connectivity index is 1.70. The average Bonchev–Trinajstić information content (AvgIpc) is 3.02. The van der Waals surface area contributed by atoms with Crippen LogP contribution in [0.2, 0.25) is 0 Å². The number of hydrogen-bond acceptors (Lipinski definition) is 2. The lowest BCUT2D eigenvalue weighted by Gasteiger charge is -2.17. The second-order valence-electron chi connectivity index (χ2n) is 6.97. The van der Waals surface area contributed by atoms with Crippen molar-refractivity contribution in [1.82, 2.24) is 10.2 Å². The molecular formula is C20H31FN3O2+. The highest BCUT2D eigenvalue weighted by atomic mass is 19.1. The summed E-state index contributed by atoms with van der Waals surface area (Å²) < 4.78 is 12.9. The standard InChI is InChI=1S/C20H30FN3O2/c1-3-23(4-2)12-5-11-22-20(26)17-14-19(25)24(15-17)13-10-16-6-8-18(21)9-7-16/h6-9,17H,3-5,10-15H2,1-2H3,(H,22,26)/p+1/t17-/m0/s1. The summed E-state index contributed by atoms with van der Waals surface area (Å²) in [5.74, 6) is -0.501. The van der Waals surface area contributed by atoms with Gasteiger partial charge in [-0.25, -0.2) is 4.39 Å². The number of carbonyl (C=O) groups excluding carboxylic acids is 2. The number of halogens is 1. The van der Waals surface area contributed by atoms with E-state index in [1.54, 1.807) is 17.0 Å². The first-order chi connectivity index (χ1) is 12.5. The Morgan fingerprint density at radius 3 is 2.62 bits per heavy atom. The average molecular weight is 364 g/mol. The first-order valence-electron chi connectivity index (χ1n) is 9.67. The fraction of sp³-hybridized carbons (Fsp3) is 0.600. The summed E-state index contributed by atoms with van der Waals surface area (Å²) in [6.45, 7) is 9.31. The molecule has 1 fully saturated rings. The Morgan fingerprint density at radius 2 is 1.96 bits per heavy atom. The first kappa shape index (κ1) is 20.4. The van der Waals surface area contributed by atoms with E-state index in [4.69, 9.17) is 0 Å². The molecule has 2 N–H and O–H groups in total. The summed E-state index contributed by atoms with van der Waals surface area (Å²) in [7, 11) is 0. The zero-order valence-electron chi connectivity index (χ0n) is 15.9. The van der Waals surface area contributed by atoms with Crippen LogP contribution in [0.4, 0.5) is 4.39 Å². The molecule has 5 nitrogen and oxygen atoms in total. The molecule has 1 saturated heterocycles. The maximum atomic E-state index is 12.9. The van der Waals surface area contributed by atoms with E-state index in [0.717, 1.165) is 31.6 Å². The highest BCUT2D eigenvalue weighted by Gasteiger charge is 2.33. The number of carbonyl (C=O) groups is 2. The van der Waals surface area contributed by atoms with Gasteiger partial charge < -0.3 is 15.1 Å². The fourth-order valence-electron chi connectivity index (χ4n) is 3.38. The Morgan fingerprint density at radius 1 is 1.27 bits per heavy atom. The Kier molecular flexibility index (Phi) is 8.04. The van der Waals surface area contributed by atoms with Gasteiger partial charge in [0.15, 0.2) is 0 Å². The van der Waals surface area contributed by atoms with Crippen LogP contribution in [0.25, 0.3) is 0 Å². The molecular weight excluding hydrogens is 333 g/mol. The van der Waals surface area contributed by atoms with E-state index in [1.807, 2.05) is 0 Å². The predicted molar refractivity (Wildman–Crippen MR) is 99.3 cm³/mol. The third-order valence-electron chi connectivity index (χ3n) is 5.18. The summed E-state index contributed by atoms with van der Waals surface area (Å²) in [5, 5.41) is 2.98. The second kappa shape index (κ2) is 10.3. The summed E-state index contributed by atoms with van der Waals surface area (Å²) in [5.41, 5.74) is 0.992. The van der Waals surface area contributed by atoms with Gasteiger partial charge in [0.05, 0.1) is 25.6 Å². The number of benzene rings is 1. The van der Waals surface area contributed by atoms with Crippen molar-refractivity contribution in [2.75, 3.05) is 39.3 Å². The van der Waals surface area contributed by atoms with Gasteiger partial charge in [-0.1, -0.05) is 12.1 Å². The van der Waals surface area contributed by atoms with E-state index in [2.05, 4.69) is 19.2 Å². The molecule has 0 bridgehead atoms. The zero-order valence-corrected chi connectivity index (χ0v) is 15.9. The second-order valence-corrected chi connectivity index (χ2v) is 6.97. The molecule has 2 amide bonds. The third kappa shape index (κ3) is 6.09. The summed E-state index contributed by atoms with van der Waals surface area (Å²) >= 11 is 0. The van der Waals surface area contributed by atoms with Gasteiger partial charge in [0, 0.05) is 32.5 Å². The molecule has 26 heavy (non-hydrogen) atoms. The quantitative estimate of drug-likeness (QED) is 0.599. The minimum atomic E-state index is -0.259. The number of nitrogens with zero attached hydrogens (tertiary/aromatic N) is 1. The van der Waals surface area contributed by atoms with Crippen molar-refractivity contribution in [2.24, 2.45) is 5.92 Å². The molecule has 2 rings (SSSR count). The first-order valence-corrected chi connectivity index (χ1v) is 9.67. The number of likely N-dealkylation sites (tertiary alicyclic amines) is 1. The molecule has 1 aliphatic rings. The van der Waals surface area contributed by atoms with Gasteiger partial charge in [0.2, 0.25) is 11.8 Å². The van der Waals surface area contributed by atoms with Crippen molar-refractivity contribution in [3.8, 4) is 0 Å². The molecule has 0 radical (unpaired) electrons. The largest absolute Gasteiger partial charge is 0.356 e. The fourth-order valence-corrected chi connectivity index (χ4v) is 3.38. The van der Waals surface area contributed by atoms with E-state index in [-0.39, 0.29) is 30.0 Å². The van der Waals surface area contributed by atoms with Crippen LogP contribution in [-0.4, -0.2) is 56.0 Å². The lowest BCUT2D eigenvalue weighted by atomic mass is 10.1. The van der Waals surface area contributed by atoms with Crippen LogP contribution < -0.4 is 10.2 Å². The van der Waals surface area contributed by atoms with Gasteiger partial charge in [-0.15, -0.1) is 0 Å². The summed E-state index contributed by atoms with van der Waals surface area (Å²) in [4.78, 5) is 27.7. The molecule has 1 aliphatic heterocycles.